The second kappa shape index (κ2) is 8.90. The van der Waals surface area contributed by atoms with E-state index in [9.17, 15) is 13.2 Å². The highest BCUT2D eigenvalue weighted by atomic mass is 32.2. The van der Waals surface area contributed by atoms with E-state index in [1.807, 2.05) is 17.5 Å². The highest BCUT2D eigenvalue weighted by Crippen LogP contribution is 2.19. The number of hydrogen-bond donors (Lipinski definition) is 2. The molecule has 0 saturated carbocycles. The van der Waals surface area contributed by atoms with Gasteiger partial charge in [-0.25, -0.2) is 8.42 Å². The predicted molar refractivity (Wildman–Crippen MR) is 111 cm³/mol. The molecule has 3 aromatic rings. The Balaban J connectivity index is 1.60. The number of sulfonamides is 1. The second-order valence-electron chi connectivity index (χ2n) is 5.94. The number of hydrogen-bond acceptors (Lipinski definition) is 5. The van der Waals surface area contributed by atoms with Crippen LogP contribution in [0.5, 0.6) is 5.75 Å². The Morgan fingerprint density at radius 1 is 1.04 bits per heavy atom. The minimum absolute atomic E-state index is 0.0819. The average molecular weight is 417 g/mol. The average Bonchev–Trinajstić information content (AvgIpc) is 3.22. The van der Waals surface area contributed by atoms with Crippen molar-refractivity contribution in [2.24, 2.45) is 0 Å². The third-order valence-electron chi connectivity index (χ3n) is 4.01. The van der Waals surface area contributed by atoms with Crippen molar-refractivity contribution in [2.75, 3.05) is 18.4 Å². The van der Waals surface area contributed by atoms with Crippen LogP contribution in [0.15, 0.2) is 70.9 Å². The lowest BCUT2D eigenvalue weighted by Gasteiger charge is -2.10. The summed E-state index contributed by atoms with van der Waals surface area (Å²) in [6.07, 6.45) is 0.766. The van der Waals surface area contributed by atoms with Crippen molar-refractivity contribution in [2.45, 2.75) is 11.3 Å². The van der Waals surface area contributed by atoms with Gasteiger partial charge in [-0.15, -0.1) is 11.3 Å². The number of anilines is 1. The lowest BCUT2D eigenvalue weighted by atomic mass is 10.2. The van der Waals surface area contributed by atoms with E-state index >= 15 is 0 Å². The van der Waals surface area contributed by atoms with Crippen molar-refractivity contribution in [3.63, 3.8) is 0 Å². The van der Waals surface area contributed by atoms with Crippen LogP contribution in [0.2, 0.25) is 0 Å². The summed E-state index contributed by atoms with van der Waals surface area (Å²) >= 11 is 1.65. The molecule has 6 nitrogen and oxygen atoms in total. The molecular weight excluding hydrogens is 396 g/mol. The second-order valence-corrected chi connectivity index (χ2v) is 8.66. The zero-order valence-electron chi connectivity index (χ0n) is 15.2. The zero-order valence-corrected chi connectivity index (χ0v) is 16.8. The molecule has 0 atom stereocenters. The molecule has 2 aromatic carbocycles. The fourth-order valence-corrected chi connectivity index (χ4v) is 4.28. The van der Waals surface area contributed by atoms with E-state index in [0.717, 1.165) is 6.42 Å². The summed E-state index contributed by atoms with van der Waals surface area (Å²) in [5, 5.41) is 4.83. The molecule has 146 valence electrons. The zero-order chi connectivity index (χ0) is 20.0. The molecule has 0 spiro atoms. The van der Waals surface area contributed by atoms with Crippen LogP contribution in [0, 0.1) is 0 Å². The van der Waals surface area contributed by atoms with E-state index in [-0.39, 0.29) is 10.8 Å². The Hall–Kier alpha value is -2.84. The van der Waals surface area contributed by atoms with Crippen molar-refractivity contribution in [1.82, 2.24) is 5.32 Å². The van der Waals surface area contributed by atoms with Crippen LogP contribution in [0.4, 0.5) is 5.69 Å². The van der Waals surface area contributed by atoms with Crippen molar-refractivity contribution >= 4 is 33.0 Å². The van der Waals surface area contributed by atoms with Gasteiger partial charge in [-0.05, 0) is 66.4 Å². The highest BCUT2D eigenvalue weighted by Gasteiger charge is 2.15. The molecule has 3 rings (SSSR count). The Bertz CT molecular complexity index is 1010. The molecule has 1 heterocycles. The van der Waals surface area contributed by atoms with Crippen LogP contribution in [-0.4, -0.2) is 28.0 Å². The van der Waals surface area contributed by atoms with Crippen molar-refractivity contribution in [3.05, 3.63) is 76.5 Å². The minimum Gasteiger partial charge on any atom is -0.497 e. The summed E-state index contributed by atoms with van der Waals surface area (Å²) in [5.41, 5.74) is 0.839. The summed E-state index contributed by atoms with van der Waals surface area (Å²) in [4.78, 5) is 13.5. The molecule has 0 fully saturated rings. The smallest absolute Gasteiger partial charge is 0.261 e. The third kappa shape index (κ3) is 5.11. The van der Waals surface area contributed by atoms with E-state index in [0.29, 0.717) is 23.5 Å². The molecule has 0 bridgehead atoms. The Morgan fingerprint density at radius 2 is 1.75 bits per heavy atom. The van der Waals surface area contributed by atoms with Gasteiger partial charge in [-0.3, -0.25) is 9.52 Å². The highest BCUT2D eigenvalue weighted by molar-refractivity contribution is 7.92. The van der Waals surface area contributed by atoms with Gasteiger partial charge in [0.2, 0.25) is 0 Å². The molecular formula is C20H20N2O4S2. The van der Waals surface area contributed by atoms with Gasteiger partial charge in [-0.2, -0.15) is 0 Å². The van der Waals surface area contributed by atoms with Crippen LogP contribution < -0.4 is 14.8 Å². The fraction of sp³-hybridized carbons (Fsp3) is 0.150. The molecule has 0 aliphatic carbocycles. The molecule has 8 heteroatoms. The summed E-state index contributed by atoms with van der Waals surface area (Å²) in [5.74, 6) is 0.404. The van der Waals surface area contributed by atoms with Crippen molar-refractivity contribution in [1.29, 1.82) is 0 Å². The number of carbonyl (C=O) groups excluding carboxylic acids is 1. The predicted octanol–water partition coefficient (Wildman–Crippen LogP) is 3.53. The largest absolute Gasteiger partial charge is 0.497 e. The molecule has 0 aliphatic rings. The SMILES string of the molecule is COc1ccc(NS(=O)(=O)c2ccc(C(=O)NCCc3cccs3)cc2)cc1. The first-order valence-corrected chi connectivity index (χ1v) is 10.9. The van der Waals surface area contributed by atoms with Gasteiger partial charge in [0.15, 0.2) is 0 Å². The maximum Gasteiger partial charge on any atom is 0.261 e. The molecule has 28 heavy (non-hydrogen) atoms. The van der Waals surface area contributed by atoms with Gasteiger partial charge in [0.25, 0.3) is 15.9 Å². The Kier molecular flexibility index (Phi) is 6.33. The normalized spacial score (nSPS) is 11.0. The summed E-state index contributed by atoms with van der Waals surface area (Å²) < 4.78 is 32.6. The van der Waals surface area contributed by atoms with E-state index in [1.165, 1.54) is 29.1 Å². The van der Waals surface area contributed by atoms with Gasteiger partial charge >= 0.3 is 0 Å². The van der Waals surface area contributed by atoms with Gasteiger partial charge < -0.3 is 10.1 Å². The van der Waals surface area contributed by atoms with Crippen LogP contribution in [0.3, 0.4) is 0 Å². The molecule has 0 unspecified atom stereocenters. The molecule has 1 amide bonds. The van der Waals surface area contributed by atoms with Crippen LogP contribution in [0.1, 0.15) is 15.2 Å². The Labute approximate surface area is 168 Å². The van der Waals surface area contributed by atoms with E-state index in [2.05, 4.69) is 10.0 Å². The maximum atomic E-state index is 12.5. The topological polar surface area (TPSA) is 84.5 Å². The lowest BCUT2D eigenvalue weighted by molar-refractivity contribution is 0.0954. The van der Waals surface area contributed by atoms with Gasteiger partial charge in [0, 0.05) is 22.7 Å². The van der Waals surface area contributed by atoms with Gasteiger partial charge in [0.1, 0.15) is 5.75 Å². The fourth-order valence-electron chi connectivity index (χ4n) is 2.51. The quantitative estimate of drug-likeness (QED) is 0.588. The van der Waals surface area contributed by atoms with Crippen LogP contribution in [-0.2, 0) is 16.4 Å². The monoisotopic (exact) mass is 416 g/mol. The number of benzene rings is 2. The molecule has 1 aromatic heterocycles. The number of methoxy groups -OCH3 is 1. The first-order valence-electron chi connectivity index (χ1n) is 8.55. The molecule has 0 aliphatic heterocycles. The van der Waals surface area contributed by atoms with E-state index < -0.39 is 10.0 Å². The summed E-state index contributed by atoms with van der Waals surface area (Å²) in [6, 6.07) is 16.4. The number of nitrogens with one attached hydrogen (secondary N) is 2. The summed E-state index contributed by atoms with van der Waals surface area (Å²) in [6.45, 7) is 0.526. The number of thiophene rings is 1. The number of carbonyl (C=O) groups is 1. The molecule has 0 radical (unpaired) electrons. The Morgan fingerprint density at radius 3 is 2.36 bits per heavy atom. The first-order chi connectivity index (χ1) is 13.5. The standard InChI is InChI=1S/C20H20N2O4S2/c1-26-17-8-6-16(7-9-17)22-28(24,25)19-10-4-15(5-11-19)20(23)21-13-12-18-3-2-14-27-18/h2-11,14,22H,12-13H2,1H3,(H,21,23). The number of amides is 1. The third-order valence-corrected chi connectivity index (χ3v) is 6.34. The van der Waals surface area contributed by atoms with Gasteiger partial charge in [-0.1, -0.05) is 6.07 Å². The molecule has 2 N–H and O–H groups in total. The van der Waals surface area contributed by atoms with Gasteiger partial charge in [0.05, 0.1) is 12.0 Å². The minimum atomic E-state index is -3.74. The lowest BCUT2D eigenvalue weighted by Crippen LogP contribution is -2.25. The van der Waals surface area contributed by atoms with Crippen LogP contribution >= 0.6 is 11.3 Å². The van der Waals surface area contributed by atoms with Crippen LogP contribution in [0.25, 0.3) is 0 Å². The number of rotatable bonds is 8. The van der Waals surface area contributed by atoms with Crippen molar-refractivity contribution < 1.29 is 17.9 Å². The molecule has 0 saturated heterocycles. The van der Waals surface area contributed by atoms with E-state index in [1.54, 1.807) is 42.7 Å². The summed E-state index contributed by atoms with van der Waals surface area (Å²) in [7, 11) is -2.20. The van der Waals surface area contributed by atoms with Crippen molar-refractivity contribution in [3.8, 4) is 5.75 Å². The van der Waals surface area contributed by atoms with E-state index in [4.69, 9.17) is 4.74 Å². The number of ether oxygens (including phenoxy) is 1. The maximum absolute atomic E-state index is 12.5. The first kappa shape index (κ1) is 19.9.